The molecule has 6 heteroatoms. The molecule has 0 radical (unpaired) electrons. The number of carbonyl (C=O) groups excluding carboxylic acids is 1. The van der Waals surface area contributed by atoms with Crippen molar-refractivity contribution in [2.24, 2.45) is 7.05 Å². The molecule has 1 aromatic heterocycles. The van der Waals surface area contributed by atoms with Gasteiger partial charge < -0.3 is 14.8 Å². The summed E-state index contributed by atoms with van der Waals surface area (Å²) in [5, 5.41) is 7.59. The summed E-state index contributed by atoms with van der Waals surface area (Å²) < 4.78 is 12.2. The van der Waals surface area contributed by atoms with Crippen molar-refractivity contribution in [1.29, 1.82) is 0 Å². The van der Waals surface area contributed by atoms with Crippen molar-refractivity contribution in [2.45, 2.75) is 13.8 Å². The van der Waals surface area contributed by atoms with E-state index in [0.717, 1.165) is 16.8 Å². The molecule has 0 aliphatic carbocycles. The molecule has 0 fully saturated rings. The zero-order chi connectivity index (χ0) is 23.5. The molecule has 33 heavy (non-hydrogen) atoms. The number of ether oxygens (including phenoxy) is 2. The highest BCUT2D eigenvalue weighted by Gasteiger charge is 2.18. The lowest BCUT2D eigenvalue weighted by Crippen LogP contribution is -2.15. The summed E-state index contributed by atoms with van der Waals surface area (Å²) >= 11 is 0. The average molecular weight is 442 g/mol. The van der Waals surface area contributed by atoms with Crippen molar-refractivity contribution >= 4 is 11.7 Å². The van der Waals surface area contributed by atoms with Crippen LogP contribution >= 0.6 is 0 Å². The first-order valence-electron chi connectivity index (χ1n) is 10.7. The number of rotatable bonds is 6. The number of aryl methyl sites for hydroxylation is 1. The molecule has 3 aromatic carbocycles. The van der Waals surface area contributed by atoms with Gasteiger partial charge in [0.15, 0.2) is 0 Å². The fraction of sp³-hybridized carbons (Fsp3) is 0.185. The van der Waals surface area contributed by atoms with Crippen LogP contribution in [0.2, 0.25) is 0 Å². The first-order valence-corrected chi connectivity index (χ1v) is 10.7. The summed E-state index contributed by atoms with van der Waals surface area (Å²) in [6, 6.07) is 21.5. The van der Waals surface area contributed by atoms with Gasteiger partial charge in [0, 0.05) is 24.7 Å². The van der Waals surface area contributed by atoms with E-state index in [2.05, 4.69) is 48.5 Å². The van der Waals surface area contributed by atoms with Crippen LogP contribution in [0.3, 0.4) is 0 Å². The molecule has 6 nitrogen and oxygen atoms in total. The number of aromatic nitrogens is 2. The molecule has 4 aromatic rings. The van der Waals surface area contributed by atoms with Crippen LogP contribution in [-0.4, -0.2) is 29.9 Å². The second-order valence-corrected chi connectivity index (χ2v) is 7.84. The number of hydrogen-bond acceptors (Lipinski definition) is 4. The second kappa shape index (κ2) is 9.20. The lowest BCUT2D eigenvalue weighted by molar-refractivity contribution is 0.102. The van der Waals surface area contributed by atoms with E-state index in [1.165, 1.54) is 23.8 Å². The highest BCUT2D eigenvalue weighted by Crippen LogP contribution is 2.33. The maximum atomic E-state index is 12.9. The molecular formula is C27H27N3O3. The Hall–Kier alpha value is -4.06. The van der Waals surface area contributed by atoms with Crippen LogP contribution in [0.4, 0.5) is 5.82 Å². The van der Waals surface area contributed by atoms with Crippen molar-refractivity contribution in [1.82, 2.24) is 9.78 Å². The lowest BCUT2D eigenvalue weighted by Gasteiger charge is -2.12. The van der Waals surface area contributed by atoms with Gasteiger partial charge in [0.1, 0.15) is 17.3 Å². The van der Waals surface area contributed by atoms with Crippen LogP contribution in [0.1, 0.15) is 21.5 Å². The zero-order valence-corrected chi connectivity index (χ0v) is 19.5. The Morgan fingerprint density at radius 1 is 0.879 bits per heavy atom. The Balaban J connectivity index is 1.63. The molecule has 0 saturated carbocycles. The van der Waals surface area contributed by atoms with Crippen LogP contribution in [0, 0.1) is 13.8 Å². The number of anilines is 1. The normalized spacial score (nSPS) is 10.7. The van der Waals surface area contributed by atoms with E-state index in [9.17, 15) is 4.79 Å². The molecule has 0 spiro atoms. The summed E-state index contributed by atoms with van der Waals surface area (Å²) in [5.74, 6) is 1.38. The Kier molecular flexibility index (Phi) is 6.18. The highest BCUT2D eigenvalue weighted by molar-refractivity contribution is 6.06. The van der Waals surface area contributed by atoms with Gasteiger partial charge in [0.05, 0.1) is 25.5 Å². The number of methoxy groups -OCH3 is 2. The van der Waals surface area contributed by atoms with Crippen LogP contribution in [-0.2, 0) is 7.05 Å². The van der Waals surface area contributed by atoms with Gasteiger partial charge in [0.25, 0.3) is 5.91 Å². The third-order valence-electron chi connectivity index (χ3n) is 5.92. The van der Waals surface area contributed by atoms with Crippen LogP contribution in [0.5, 0.6) is 11.5 Å². The molecule has 0 atom stereocenters. The predicted octanol–water partition coefficient (Wildman–Crippen LogP) is 5.64. The molecule has 0 bridgehead atoms. The number of nitrogens with zero attached hydrogens (tertiary/aromatic N) is 2. The molecule has 1 heterocycles. The highest BCUT2D eigenvalue weighted by atomic mass is 16.5. The minimum Gasteiger partial charge on any atom is -0.497 e. The number of carbonyl (C=O) groups is 1. The molecule has 1 amide bonds. The minimum absolute atomic E-state index is 0.281. The van der Waals surface area contributed by atoms with Gasteiger partial charge in [-0.25, -0.2) is 0 Å². The van der Waals surface area contributed by atoms with Crippen LogP contribution < -0.4 is 14.8 Å². The van der Waals surface area contributed by atoms with Gasteiger partial charge in [-0.2, -0.15) is 5.10 Å². The van der Waals surface area contributed by atoms with Crippen molar-refractivity contribution in [2.75, 3.05) is 19.5 Å². The summed E-state index contributed by atoms with van der Waals surface area (Å²) in [4.78, 5) is 12.9. The summed E-state index contributed by atoms with van der Waals surface area (Å²) in [5.41, 5.74) is 7.00. The Bertz CT molecular complexity index is 1310. The predicted molar refractivity (Wildman–Crippen MR) is 131 cm³/mol. The van der Waals surface area contributed by atoms with Gasteiger partial charge in [0.2, 0.25) is 0 Å². The number of hydrogen-bond donors (Lipinski definition) is 1. The Labute approximate surface area is 193 Å². The van der Waals surface area contributed by atoms with Crippen molar-refractivity contribution in [3.63, 3.8) is 0 Å². The van der Waals surface area contributed by atoms with Gasteiger partial charge in [-0.3, -0.25) is 9.48 Å². The van der Waals surface area contributed by atoms with Crippen molar-refractivity contribution < 1.29 is 14.3 Å². The standard InChI is InChI=1S/C27H27N3O3/c1-17-18(2)22(14-13-21(17)19-9-7-6-8-10-19)24-16-26(30(3)29-24)28-27(31)23-12-11-20(32-4)15-25(23)33-5/h6-16H,1-5H3,(H,28,31). The Morgan fingerprint density at radius 3 is 2.27 bits per heavy atom. The molecule has 0 saturated heterocycles. The third-order valence-corrected chi connectivity index (χ3v) is 5.92. The molecule has 1 N–H and O–H groups in total. The molecule has 0 aliphatic rings. The first kappa shape index (κ1) is 22.1. The Morgan fingerprint density at radius 2 is 1.58 bits per heavy atom. The second-order valence-electron chi connectivity index (χ2n) is 7.84. The molecule has 0 aliphatic heterocycles. The summed E-state index contributed by atoms with van der Waals surface area (Å²) in [7, 11) is 4.91. The molecule has 4 rings (SSSR count). The number of amides is 1. The van der Waals surface area contributed by atoms with E-state index in [4.69, 9.17) is 9.47 Å². The third kappa shape index (κ3) is 4.32. The smallest absolute Gasteiger partial charge is 0.260 e. The van der Waals surface area contributed by atoms with Gasteiger partial charge in [-0.1, -0.05) is 42.5 Å². The van der Waals surface area contributed by atoms with E-state index < -0.39 is 0 Å². The zero-order valence-electron chi connectivity index (χ0n) is 19.5. The van der Waals surface area contributed by atoms with Gasteiger partial charge >= 0.3 is 0 Å². The quantitative estimate of drug-likeness (QED) is 0.420. The van der Waals surface area contributed by atoms with E-state index in [-0.39, 0.29) is 5.91 Å². The fourth-order valence-corrected chi connectivity index (χ4v) is 3.91. The molecule has 168 valence electrons. The fourth-order valence-electron chi connectivity index (χ4n) is 3.91. The van der Waals surface area contributed by atoms with Crippen molar-refractivity contribution in [3.05, 3.63) is 83.4 Å². The van der Waals surface area contributed by atoms with Crippen LogP contribution in [0.15, 0.2) is 66.7 Å². The van der Waals surface area contributed by atoms with Gasteiger partial charge in [-0.15, -0.1) is 0 Å². The van der Waals surface area contributed by atoms with Crippen LogP contribution in [0.25, 0.3) is 22.4 Å². The minimum atomic E-state index is -0.281. The largest absolute Gasteiger partial charge is 0.497 e. The topological polar surface area (TPSA) is 65.4 Å². The maximum absolute atomic E-state index is 12.9. The number of nitrogens with one attached hydrogen (secondary N) is 1. The maximum Gasteiger partial charge on any atom is 0.260 e. The average Bonchev–Trinajstić information content (AvgIpc) is 3.20. The summed E-state index contributed by atoms with van der Waals surface area (Å²) in [6.07, 6.45) is 0. The van der Waals surface area contributed by atoms with Crippen molar-refractivity contribution in [3.8, 4) is 33.9 Å². The van der Waals surface area contributed by atoms with E-state index in [1.807, 2.05) is 31.3 Å². The van der Waals surface area contributed by atoms with E-state index in [0.29, 0.717) is 22.9 Å². The van der Waals surface area contributed by atoms with E-state index >= 15 is 0 Å². The molecule has 0 unspecified atom stereocenters. The molecular weight excluding hydrogens is 414 g/mol. The monoisotopic (exact) mass is 441 g/mol. The summed E-state index contributed by atoms with van der Waals surface area (Å²) in [6.45, 7) is 4.23. The lowest BCUT2D eigenvalue weighted by atomic mass is 9.92. The van der Waals surface area contributed by atoms with Gasteiger partial charge in [-0.05, 0) is 48.2 Å². The number of benzene rings is 3. The SMILES string of the molecule is COc1ccc(C(=O)Nc2cc(-c3ccc(-c4ccccc4)c(C)c3C)nn2C)c(OC)c1. The van der Waals surface area contributed by atoms with E-state index in [1.54, 1.807) is 30.0 Å². The first-order chi connectivity index (χ1) is 15.9.